The van der Waals surface area contributed by atoms with Gasteiger partial charge in [-0.1, -0.05) is 30.3 Å². The lowest BCUT2D eigenvalue weighted by molar-refractivity contribution is 0.340. The fourth-order valence-electron chi connectivity index (χ4n) is 2.53. The zero-order chi connectivity index (χ0) is 17.5. The molecule has 136 valence electrons. The molecule has 6 heteroatoms. The molecule has 0 unspecified atom stereocenters. The van der Waals surface area contributed by atoms with Crippen LogP contribution in [0.1, 0.15) is 18.5 Å². The number of aromatic nitrogens is 2. The summed E-state index contributed by atoms with van der Waals surface area (Å²) >= 11 is 0. The van der Waals surface area contributed by atoms with Gasteiger partial charge in [-0.15, -0.1) is 12.4 Å². The van der Waals surface area contributed by atoms with Crippen molar-refractivity contribution < 1.29 is 4.74 Å². The van der Waals surface area contributed by atoms with Crippen LogP contribution >= 0.6 is 12.4 Å². The van der Waals surface area contributed by atoms with Gasteiger partial charge in [0.25, 0.3) is 0 Å². The molecule has 3 aromatic rings. The Kier molecular flexibility index (Phi) is 7.38. The highest BCUT2D eigenvalue weighted by molar-refractivity contribution is 5.85. The normalized spacial score (nSPS) is 11.3. The van der Waals surface area contributed by atoms with E-state index in [9.17, 15) is 0 Å². The van der Waals surface area contributed by atoms with Crippen molar-refractivity contribution in [2.45, 2.75) is 13.0 Å². The predicted octanol–water partition coefficient (Wildman–Crippen LogP) is 4.08. The molecule has 0 fully saturated rings. The van der Waals surface area contributed by atoms with E-state index >= 15 is 0 Å². The number of benzene rings is 2. The second kappa shape index (κ2) is 9.75. The molecule has 0 aliphatic carbocycles. The maximum Gasteiger partial charge on any atom is 0.130 e. The van der Waals surface area contributed by atoms with Gasteiger partial charge in [-0.2, -0.15) is 0 Å². The molecule has 0 aliphatic heterocycles. The maximum absolute atomic E-state index is 6.22. The molecule has 3 N–H and O–H groups in total. The zero-order valence-electron chi connectivity index (χ0n) is 14.6. The molecule has 0 aliphatic rings. The number of halogens is 1. The van der Waals surface area contributed by atoms with Crippen LogP contribution in [0.15, 0.2) is 67.0 Å². The Bertz CT molecular complexity index is 796. The highest BCUT2D eigenvalue weighted by Crippen LogP contribution is 2.22. The first-order valence-electron chi connectivity index (χ1n) is 8.36. The van der Waals surface area contributed by atoms with Crippen LogP contribution in [0.25, 0.3) is 11.3 Å². The molecule has 3 rings (SSSR count). The van der Waals surface area contributed by atoms with Crippen LogP contribution in [-0.2, 0) is 0 Å². The van der Waals surface area contributed by atoms with Crippen molar-refractivity contribution in [2.75, 3.05) is 18.5 Å². The number of rotatable bonds is 7. The highest BCUT2D eigenvalue weighted by atomic mass is 35.5. The van der Waals surface area contributed by atoms with Crippen LogP contribution in [0.5, 0.6) is 5.75 Å². The zero-order valence-corrected chi connectivity index (χ0v) is 15.4. The fraction of sp³-hybridized carbons (Fsp3) is 0.200. The van der Waals surface area contributed by atoms with Gasteiger partial charge in [-0.05, 0) is 36.8 Å². The van der Waals surface area contributed by atoms with Crippen molar-refractivity contribution in [1.82, 2.24) is 9.97 Å². The molecule has 0 saturated carbocycles. The van der Waals surface area contributed by atoms with Gasteiger partial charge in [0.2, 0.25) is 0 Å². The lowest BCUT2D eigenvalue weighted by atomic mass is 10.1. The SMILES string of the molecule is CCOc1ccc(-c2cc(NC[C@H](N)c3ccccc3)ncn2)cc1.Cl. The van der Waals surface area contributed by atoms with Crippen molar-refractivity contribution in [3.05, 3.63) is 72.6 Å². The van der Waals surface area contributed by atoms with E-state index in [4.69, 9.17) is 10.5 Å². The Morgan fingerprint density at radius 1 is 1.04 bits per heavy atom. The summed E-state index contributed by atoms with van der Waals surface area (Å²) in [5.41, 5.74) is 9.18. The molecule has 0 amide bonds. The minimum atomic E-state index is -0.0925. The van der Waals surface area contributed by atoms with Gasteiger partial charge in [0.05, 0.1) is 12.3 Å². The van der Waals surface area contributed by atoms with Crippen LogP contribution in [0.4, 0.5) is 5.82 Å². The standard InChI is InChI=1S/C20H22N4O.ClH/c1-2-25-17-10-8-16(9-11-17)19-12-20(24-14-23-19)22-13-18(21)15-6-4-3-5-7-15;/h3-12,14,18H,2,13,21H2,1H3,(H,22,23,24);1H/t18-;/m0./s1. The second-order valence-electron chi connectivity index (χ2n) is 5.64. The number of nitrogens with zero attached hydrogens (tertiary/aromatic N) is 2. The fourth-order valence-corrected chi connectivity index (χ4v) is 2.53. The van der Waals surface area contributed by atoms with Crippen molar-refractivity contribution in [2.24, 2.45) is 5.73 Å². The van der Waals surface area contributed by atoms with E-state index in [1.165, 1.54) is 0 Å². The van der Waals surface area contributed by atoms with Gasteiger partial charge >= 0.3 is 0 Å². The first kappa shape index (κ1) is 19.7. The smallest absolute Gasteiger partial charge is 0.130 e. The largest absolute Gasteiger partial charge is 0.494 e. The second-order valence-corrected chi connectivity index (χ2v) is 5.64. The van der Waals surface area contributed by atoms with E-state index in [-0.39, 0.29) is 18.4 Å². The molecule has 0 bridgehead atoms. The van der Waals surface area contributed by atoms with Gasteiger partial charge < -0.3 is 15.8 Å². The Hall–Kier alpha value is -2.63. The quantitative estimate of drug-likeness (QED) is 0.655. The molecule has 0 saturated heterocycles. The summed E-state index contributed by atoms with van der Waals surface area (Å²) in [7, 11) is 0. The molecular weight excluding hydrogens is 348 g/mol. The predicted molar refractivity (Wildman–Crippen MR) is 108 cm³/mol. The number of anilines is 1. The maximum atomic E-state index is 6.22. The number of nitrogens with one attached hydrogen (secondary N) is 1. The van der Waals surface area contributed by atoms with Gasteiger partial charge in [-0.25, -0.2) is 9.97 Å². The Morgan fingerprint density at radius 2 is 1.77 bits per heavy atom. The summed E-state index contributed by atoms with van der Waals surface area (Å²) in [5, 5.41) is 3.28. The minimum Gasteiger partial charge on any atom is -0.494 e. The van der Waals surface area contributed by atoms with Crippen LogP contribution in [0, 0.1) is 0 Å². The topological polar surface area (TPSA) is 73.1 Å². The van der Waals surface area contributed by atoms with E-state index in [1.54, 1.807) is 6.33 Å². The van der Waals surface area contributed by atoms with E-state index in [0.29, 0.717) is 13.2 Å². The Balaban J connectivity index is 0.00000243. The van der Waals surface area contributed by atoms with Crippen LogP contribution in [0.2, 0.25) is 0 Å². The summed E-state index contributed by atoms with van der Waals surface area (Å²) in [5.74, 6) is 1.61. The van der Waals surface area contributed by atoms with Crippen molar-refractivity contribution in [3.63, 3.8) is 0 Å². The molecule has 0 radical (unpaired) electrons. The molecule has 2 aromatic carbocycles. The minimum absolute atomic E-state index is 0. The number of ether oxygens (including phenoxy) is 1. The summed E-state index contributed by atoms with van der Waals surface area (Å²) < 4.78 is 5.47. The van der Waals surface area contributed by atoms with Crippen molar-refractivity contribution in [1.29, 1.82) is 0 Å². The van der Waals surface area contributed by atoms with Gasteiger partial charge in [0, 0.05) is 24.2 Å². The van der Waals surface area contributed by atoms with E-state index in [1.807, 2.05) is 67.6 Å². The third kappa shape index (κ3) is 5.18. The van der Waals surface area contributed by atoms with Crippen LogP contribution in [0.3, 0.4) is 0 Å². The summed E-state index contributed by atoms with van der Waals surface area (Å²) in [4.78, 5) is 8.62. The lowest BCUT2D eigenvalue weighted by Gasteiger charge is -2.14. The molecule has 1 atom stereocenters. The molecule has 0 spiro atoms. The molecule has 5 nitrogen and oxygen atoms in total. The average molecular weight is 371 g/mol. The van der Waals surface area contributed by atoms with Gasteiger partial charge in [-0.3, -0.25) is 0 Å². The number of hydrogen-bond donors (Lipinski definition) is 2. The summed E-state index contributed by atoms with van der Waals surface area (Å²) in [6.45, 7) is 3.22. The van der Waals surface area contributed by atoms with Crippen molar-refractivity contribution in [3.8, 4) is 17.0 Å². The molecular formula is C20H23ClN4O. The van der Waals surface area contributed by atoms with Crippen LogP contribution in [-0.4, -0.2) is 23.1 Å². The Labute approximate surface area is 160 Å². The van der Waals surface area contributed by atoms with E-state index < -0.39 is 0 Å². The Morgan fingerprint density at radius 3 is 2.46 bits per heavy atom. The van der Waals surface area contributed by atoms with E-state index in [2.05, 4.69) is 15.3 Å². The van der Waals surface area contributed by atoms with Crippen molar-refractivity contribution >= 4 is 18.2 Å². The monoisotopic (exact) mass is 370 g/mol. The van der Waals surface area contributed by atoms with Gasteiger partial charge in [0.1, 0.15) is 17.9 Å². The lowest BCUT2D eigenvalue weighted by Crippen LogP contribution is -2.20. The summed E-state index contributed by atoms with van der Waals surface area (Å²) in [6.07, 6.45) is 1.56. The first-order chi connectivity index (χ1) is 12.3. The number of hydrogen-bond acceptors (Lipinski definition) is 5. The molecule has 1 heterocycles. The highest BCUT2D eigenvalue weighted by Gasteiger charge is 2.07. The van der Waals surface area contributed by atoms with Gasteiger partial charge in [0.15, 0.2) is 0 Å². The molecule has 1 aromatic heterocycles. The number of nitrogens with two attached hydrogens (primary N) is 1. The summed E-state index contributed by atoms with van der Waals surface area (Å²) in [6, 6.07) is 19.7. The average Bonchev–Trinajstić information content (AvgIpc) is 2.68. The third-order valence-corrected chi connectivity index (χ3v) is 3.86. The van der Waals surface area contributed by atoms with E-state index in [0.717, 1.165) is 28.4 Å². The first-order valence-corrected chi connectivity index (χ1v) is 8.36. The molecule has 26 heavy (non-hydrogen) atoms. The van der Waals surface area contributed by atoms with Crippen LogP contribution < -0.4 is 15.8 Å². The third-order valence-electron chi connectivity index (χ3n) is 3.86.